The summed E-state index contributed by atoms with van der Waals surface area (Å²) in [5, 5.41) is 15.6. The van der Waals surface area contributed by atoms with E-state index in [-0.39, 0.29) is 18.4 Å². The second kappa shape index (κ2) is 12.2. The van der Waals surface area contributed by atoms with Gasteiger partial charge in [0, 0.05) is 37.3 Å². The van der Waals surface area contributed by atoms with E-state index in [4.69, 9.17) is 13.9 Å². The molecule has 0 radical (unpaired) electrons. The van der Waals surface area contributed by atoms with Gasteiger partial charge in [-0.15, -0.1) is 10.2 Å². The van der Waals surface area contributed by atoms with E-state index in [0.29, 0.717) is 43.6 Å². The van der Waals surface area contributed by atoms with Gasteiger partial charge >= 0.3 is 0 Å². The zero-order valence-corrected chi connectivity index (χ0v) is 22.3. The van der Waals surface area contributed by atoms with Crippen LogP contribution in [0, 0.1) is 0 Å². The fraction of sp³-hybridized carbons (Fsp3) is 0.500. The number of nitrogens with zero attached hydrogens (tertiary/aromatic N) is 6. The molecule has 38 heavy (non-hydrogen) atoms. The summed E-state index contributed by atoms with van der Waals surface area (Å²) in [6.45, 7) is 9.17. The summed E-state index contributed by atoms with van der Waals surface area (Å²) in [4.78, 5) is 32.2. The van der Waals surface area contributed by atoms with Gasteiger partial charge in [0.25, 0.3) is 5.91 Å². The topological polar surface area (TPSA) is 128 Å². The smallest absolute Gasteiger partial charge is 0.251 e. The second-order valence-corrected chi connectivity index (χ2v) is 10.1. The highest BCUT2D eigenvalue weighted by molar-refractivity contribution is 5.88. The Hall–Kier alpha value is -3.77. The van der Waals surface area contributed by atoms with Gasteiger partial charge in [-0.3, -0.25) is 14.5 Å². The summed E-state index contributed by atoms with van der Waals surface area (Å²) in [5.74, 6) is 0.821. The fourth-order valence-corrected chi connectivity index (χ4v) is 4.16. The van der Waals surface area contributed by atoms with Crippen LogP contribution in [0.5, 0.6) is 5.75 Å². The van der Waals surface area contributed by atoms with Crippen molar-refractivity contribution in [1.82, 2.24) is 35.3 Å². The maximum Gasteiger partial charge on any atom is 0.251 e. The molecule has 1 aromatic carbocycles. The van der Waals surface area contributed by atoms with Crippen LogP contribution in [-0.4, -0.2) is 93.9 Å². The first kappa shape index (κ1) is 27.3. The predicted molar refractivity (Wildman–Crippen MR) is 138 cm³/mol. The van der Waals surface area contributed by atoms with Crippen molar-refractivity contribution in [2.24, 2.45) is 0 Å². The number of carbonyl (C=O) groups excluding carboxylic acids is 2. The van der Waals surface area contributed by atoms with E-state index < -0.39 is 11.6 Å². The highest BCUT2D eigenvalue weighted by Crippen LogP contribution is 2.24. The number of hydrogen-bond acceptors (Lipinski definition) is 9. The number of morpholine rings is 1. The molecule has 2 aromatic heterocycles. The molecule has 1 aliphatic heterocycles. The van der Waals surface area contributed by atoms with E-state index in [2.05, 4.69) is 25.6 Å². The molecule has 0 saturated carbocycles. The summed E-state index contributed by atoms with van der Waals surface area (Å²) >= 11 is 0. The molecule has 3 heterocycles. The molecule has 3 aromatic rings. The van der Waals surface area contributed by atoms with Crippen LogP contribution >= 0.6 is 0 Å². The molecule has 12 nitrogen and oxygen atoms in total. The van der Waals surface area contributed by atoms with Crippen LogP contribution in [0.3, 0.4) is 0 Å². The van der Waals surface area contributed by atoms with Crippen LogP contribution in [-0.2, 0) is 20.9 Å². The number of carbonyl (C=O) groups is 2. The number of benzene rings is 1. The molecule has 0 aliphatic carbocycles. The van der Waals surface area contributed by atoms with Gasteiger partial charge < -0.3 is 24.1 Å². The molecule has 204 valence electrons. The maximum atomic E-state index is 13.7. The Morgan fingerprint density at radius 2 is 1.89 bits per heavy atom. The number of tetrazole rings is 1. The van der Waals surface area contributed by atoms with Crippen LogP contribution in [0.1, 0.15) is 32.6 Å². The van der Waals surface area contributed by atoms with Gasteiger partial charge in [0.05, 0.1) is 26.6 Å². The van der Waals surface area contributed by atoms with E-state index in [1.54, 1.807) is 31.4 Å². The summed E-state index contributed by atoms with van der Waals surface area (Å²) in [6.07, 6.45) is 1.50. The Balaban J connectivity index is 1.57. The summed E-state index contributed by atoms with van der Waals surface area (Å²) in [7, 11) is 1.59. The van der Waals surface area contributed by atoms with Crippen molar-refractivity contribution in [3.63, 3.8) is 0 Å². The van der Waals surface area contributed by atoms with Gasteiger partial charge in [-0.25, -0.2) is 0 Å². The van der Waals surface area contributed by atoms with E-state index in [1.807, 2.05) is 32.9 Å². The molecule has 1 aliphatic rings. The SMILES string of the molecule is COc1ccc(-c2nnn(CC(=O)N(CCN3CCOCC3)C(C(=O)NC(C)(C)C)c3ccco3)n2)cc1. The quantitative estimate of drug-likeness (QED) is 0.421. The van der Waals surface area contributed by atoms with Crippen LogP contribution in [0.15, 0.2) is 47.1 Å². The summed E-state index contributed by atoms with van der Waals surface area (Å²) in [5.41, 5.74) is 0.244. The lowest BCUT2D eigenvalue weighted by Gasteiger charge is -2.34. The van der Waals surface area contributed by atoms with Gasteiger partial charge in [-0.05, 0) is 62.4 Å². The third-order valence-corrected chi connectivity index (χ3v) is 6.03. The average molecular weight is 526 g/mol. The highest BCUT2D eigenvalue weighted by Gasteiger charge is 2.35. The van der Waals surface area contributed by atoms with Gasteiger partial charge in [0.1, 0.15) is 18.1 Å². The third-order valence-electron chi connectivity index (χ3n) is 6.03. The zero-order chi connectivity index (χ0) is 27.1. The molecule has 1 unspecified atom stereocenters. The Labute approximate surface area is 221 Å². The van der Waals surface area contributed by atoms with Crippen molar-refractivity contribution in [3.8, 4) is 17.1 Å². The fourth-order valence-electron chi connectivity index (χ4n) is 4.16. The largest absolute Gasteiger partial charge is 0.497 e. The minimum absolute atomic E-state index is 0.188. The van der Waals surface area contributed by atoms with Gasteiger partial charge in [-0.1, -0.05) is 0 Å². The molecular weight excluding hydrogens is 490 g/mol. The lowest BCUT2D eigenvalue weighted by molar-refractivity contribution is -0.143. The number of aromatic nitrogens is 4. The zero-order valence-electron chi connectivity index (χ0n) is 22.3. The lowest BCUT2D eigenvalue weighted by atomic mass is 10.1. The molecule has 1 N–H and O–H groups in total. The monoisotopic (exact) mass is 525 g/mol. The molecule has 1 saturated heterocycles. The van der Waals surface area contributed by atoms with Crippen molar-refractivity contribution < 1.29 is 23.5 Å². The van der Waals surface area contributed by atoms with Crippen molar-refractivity contribution >= 4 is 11.8 Å². The Kier molecular flexibility index (Phi) is 8.74. The van der Waals surface area contributed by atoms with Crippen LogP contribution < -0.4 is 10.1 Å². The standard InChI is InChI=1S/C26H35N7O5/c1-26(2,3)27-25(35)23(21-6-5-15-38-21)32(12-11-31-13-16-37-17-14-31)22(34)18-33-29-24(28-30-33)19-7-9-20(36-4)10-8-19/h5-10,15,23H,11-14,16-18H2,1-4H3,(H,27,35). The van der Waals surface area contributed by atoms with Gasteiger partial charge in [0.15, 0.2) is 6.04 Å². The van der Waals surface area contributed by atoms with E-state index in [0.717, 1.165) is 18.7 Å². The number of ether oxygens (including phenoxy) is 2. The molecule has 12 heteroatoms. The van der Waals surface area contributed by atoms with Crippen molar-refractivity contribution in [1.29, 1.82) is 0 Å². The predicted octanol–water partition coefficient (Wildman–Crippen LogP) is 1.76. The van der Waals surface area contributed by atoms with E-state index >= 15 is 0 Å². The Morgan fingerprint density at radius 1 is 1.16 bits per heavy atom. The summed E-state index contributed by atoms with van der Waals surface area (Å²) < 4.78 is 16.3. The summed E-state index contributed by atoms with van der Waals surface area (Å²) in [6, 6.07) is 9.70. The molecule has 4 rings (SSSR count). The van der Waals surface area contributed by atoms with Crippen LogP contribution in [0.25, 0.3) is 11.4 Å². The Bertz CT molecular complexity index is 1180. The minimum Gasteiger partial charge on any atom is -0.497 e. The number of furan rings is 1. The molecule has 0 bridgehead atoms. The molecule has 0 spiro atoms. The number of methoxy groups -OCH3 is 1. The molecular formula is C26H35N7O5. The van der Waals surface area contributed by atoms with Crippen molar-refractivity contribution in [2.45, 2.75) is 38.9 Å². The second-order valence-electron chi connectivity index (χ2n) is 10.1. The molecule has 1 atom stereocenters. The first-order valence-electron chi connectivity index (χ1n) is 12.6. The molecule has 2 amide bonds. The van der Waals surface area contributed by atoms with Crippen LogP contribution in [0.2, 0.25) is 0 Å². The first-order valence-corrected chi connectivity index (χ1v) is 12.6. The average Bonchev–Trinajstić information content (AvgIpc) is 3.58. The highest BCUT2D eigenvalue weighted by atomic mass is 16.5. The van der Waals surface area contributed by atoms with Crippen molar-refractivity contribution in [2.75, 3.05) is 46.5 Å². The Morgan fingerprint density at radius 3 is 2.53 bits per heavy atom. The lowest BCUT2D eigenvalue weighted by Crippen LogP contribution is -2.52. The van der Waals surface area contributed by atoms with E-state index in [1.165, 1.54) is 16.0 Å². The number of rotatable bonds is 10. The third kappa shape index (κ3) is 7.17. The number of nitrogens with one attached hydrogen (secondary N) is 1. The normalized spacial score (nSPS) is 15.2. The number of hydrogen-bond donors (Lipinski definition) is 1. The molecule has 1 fully saturated rings. The van der Waals surface area contributed by atoms with E-state index in [9.17, 15) is 9.59 Å². The minimum atomic E-state index is -0.956. The maximum absolute atomic E-state index is 13.7. The van der Waals surface area contributed by atoms with Crippen molar-refractivity contribution in [3.05, 3.63) is 48.4 Å². The van der Waals surface area contributed by atoms with Crippen LogP contribution in [0.4, 0.5) is 0 Å². The van der Waals surface area contributed by atoms with Gasteiger partial charge in [0.2, 0.25) is 11.7 Å². The number of amides is 2. The van der Waals surface area contributed by atoms with Gasteiger partial charge in [-0.2, -0.15) is 4.80 Å². The first-order chi connectivity index (χ1) is 18.2.